The minimum atomic E-state index is -0.301. The van der Waals surface area contributed by atoms with Gasteiger partial charge in [-0.2, -0.15) is 0 Å². The van der Waals surface area contributed by atoms with Gasteiger partial charge in [-0.3, -0.25) is 4.79 Å². The Morgan fingerprint density at radius 2 is 2.07 bits per heavy atom. The van der Waals surface area contributed by atoms with Gasteiger partial charge in [0.25, 0.3) is 0 Å². The van der Waals surface area contributed by atoms with Crippen LogP contribution in [0.25, 0.3) is 10.9 Å². The number of aromatic hydroxyl groups is 1. The maximum absolute atomic E-state index is 11.5. The molecule has 0 fully saturated rings. The summed E-state index contributed by atoms with van der Waals surface area (Å²) in [5.74, 6) is -0.189. The molecule has 14 heavy (non-hydrogen) atoms. The molecule has 1 heterocycles. The molecule has 3 nitrogen and oxygen atoms in total. The first-order chi connectivity index (χ1) is 6.74. The van der Waals surface area contributed by atoms with Crippen molar-refractivity contribution in [1.29, 1.82) is 0 Å². The fourth-order valence-corrected chi connectivity index (χ4v) is 1.59. The van der Waals surface area contributed by atoms with Crippen LogP contribution in [0.5, 0.6) is 5.75 Å². The van der Waals surface area contributed by atoms with E-state index in [2.05, 4.69) is 0 Å². The Kier molecular flexibility index (Phi) is 2.00. The van der Waals surface area contributed by atoms with Crippen molar-refractivity contribution < 1.29 is 5.11 Å². The van der Waals surface area contributed by atoms with Gasteiger partial charge in [0.05, 0.1) is 11.7 Å². The predicted molar refractivity (Wildman–Crippen MR) is 55.5 cm³/mol. The summed E-state index contributed by atoms with van der Waals surface area (Å²) in [6.07, 6.45) is 1.48. The van der Waals surface area contributed by atoms with E-state index in [0.717, 1.165) is 12.1 Å². The number of aromatic nitrogens is 1. The molecule has 0 saturated carbocycles. The van der Waals surface area contributed by atoms with Crippen LogP contribution in [0.4, 0.5) is 0 Å². The van der Waals surface area contributed by atoms with Crippen LogP contribution in [0.2, 0.25) is 0 Å². The zero-order valence-corrected chi connectivity index (χ0v) is 7.90. The lowest BCUT2D eigenvalue weighted by molar-refractivity contribution is 0.464. The van der Waals surface area contributed by atoms with Gasteiger partial charge in [-0.05, 0) is 19.1 Å². The van der Waals surface area contributed by atoms with E-state index in [4.69, 9.17) is 0 Å². The van der Waals surface area contributed by atoms with Crippen LogP contribution in [0.3, 0.4) is 0 Å². The van der Waals surface area contributed by atoms with Gasteiger partial charge in [-0.1, -0.05) is 12.1 Å². The first kappa shape index (κ1) is 8.81. The molecule has 0 aliphatic rings. The Morgan fingerprint density at radius 3 is 2.79 bits per heavy atom. The molecule has 0 bridgehead atoms. The number of pyridine rings is 1. The molecule has 1 N–H and O–H groups in total. The Morgan fingerprint density at radius 1 is 1.36 bits per heavy atom. The first-order valence-electron chi connectivity index (χ1n) is 4.55. The third-order valence-electron chi connectivity index (χ3n) is 2.31. The normalized spacial score (nSPS) is 10.6. The maximum atomic E-state index is 11.5. The number of benzene rings is 1. The topological polar surface area (TPSA) is 42.2 Å². The second-order valence-electron chi connectivity index (χ2n) is 3.15. The summed E-state index contributed by atoms with van der Waals surface area (Å²) in [6, 6.07) is 7.28. The summed E-state index contributed by atoms with van der Waals surface area (Å²) in [6.45, 7) is 2.70. The molecule has 0 aliphatic carbocycles. The predicted octanol–water partition coefficient (Wildman–Crippen LogP) is 1.73. The third kappa shape index (κ3) is 1.18. The van der Waals surface area contributed by atoms with Gasteiger partial charge in [0, 0.05) is 11.9 Å². The van der Waals surface area contributed by atoms with E-state index in [-0.39, 0.29) is 11.2 Å². The highest BCUT2D eigenvalue weighted by Crippen LogP contribution is 2.13. The fraction of sp³-hybridized carbons (Fsp3) is 0.182. The molecule has 0 aliphatic heterocycles. The molecule has 0 unspecified atom stereocenters. The van der Waals surface area contributed by atoms with Gasteiger partial charge in [0.15, 0.2) is 5.75 Å². The van der Waals surface area contributed by atoms with E-state index in [1.165, 1.54) is 6.20 Å². The first-order valence-corrected chi connectivity index (χ1v) is 4.55. The molecule has 0 atom stereocenters. The van der Waals surface area contributed by atoms with Crippen molar-refractivity contribution >= 4 is 10.9 Å². The number of hydrogen-bond donors (Lipinski definition) is 1. The zero-order chi connectivity index (χ0) is 10.1. The van der Waals surface area contributed by atoms with Crippen molar-refractivity contribution in [2.45, 2.75) is 13.5 Å². The van der Waals surface area contributed by atoms with Crippen LogP contribution in [-0.4, -0.2) is 9.67 Å². The highest BCUT2D eigenvalue weighted by molar-refractivity contribution is 5.80. The van der Waals surface area contributed by atoms with Crippen LogP contribution in [-0.2, 0) is 6.54 Å². The van der Waals surface area contributed by atoms with E-state index in [1.807, 2.05) is 23.6 Å². The maximum Gasteiger partial charge on any atom is 0.230 e. The minimum absolute atomic E-state index is 0.189. The second kappa shape index (κ2) is 3.18. The summed E-state index contributed by atoms with van der Waals surface area (Å²) in [7, 11) is 0. The highest BCUT2D eigenvalue weighted by Gasteiger charge is 2.05. The smallest absolute Gasteiger partial charge is 0.230 e. The number of nitrogens with zero attached hydrogens (tertiary/aromatic N) is 1. The summed E-state index contributed by atoms with van der Waals surface area (Å²) in [5, 5.41) is 9.96. The lowest BCUT2D eigenvalue weighted by atomic mass is 10.2. The van der Waals surface area contributed by atoms with Crippen LogP contribution < -0.4 is 5.43 Å². The highest BCUT2D eigenvalue weighted by atomic mass is 16.3. The molecule has 2 aromatic rings. The van der Waals surface area contributed by atoms with Gasteiger partial charge in [0.2, 0.25) is 5.43 Å². The van der Waals surface area contributed by atoms with Crippen molar-refractivity contribution in [3.63, 3.8) is 0 Å². The number of hydrogen-bond acceptors (Lipinski definition) is 2. The molecular weight excluding hydrogens is 178 g/mol. The molecule has 1 aromatic carbocycles. The fourth-order valence-electron chi connectivity index (χ4n) is 1.59. The Bertz CT molecular complexity index is 528. The van der Waals surface area contributed by atoms with Crippen molar-refractivity contribution in [3.8, 4) is 5.75 Å². The molecule has 3 heteroatoms. The van der Waals surface area contributed by atoms with Crippen molar-refractivity contribution in [1.82, 2.24) is 4.57 Å². The van der Waals surface area contributed by atoms with Crippen molar-refractivity contribution in [2.75, 3.05) is 0 Å². The average molecular weight is 189 g/mol. The lowest BCUT2D eigenvalue weighted by Gasteiger charge is -2.08. The molecule has 1 aromatic heterocycles. The molecule has 0 amide bonds. The SMILES string of the molecule is CCn1cc(O)c(=O)c2ccccc21. The second-order valence-corrected chi connectivity index (χ2v) is 3.15. The largest absolute Gasteiger partial charge is 0.503 e. The Labute approximate surface area is 81.2 Å². The van der Waals surface area contributed by atoms with Gasteiger partial charge in [0.1, 0.15) is 0 Å². The third-order valence-corrected chi connectivity index (χ3v) is 2.31. The number of aryl methyl sites for hydroxylation is 1. The van der Waals surface area contributed by atoms with Gasteiger partial charge < -0.3 is 9.67 Å². The molecule has 2 rings (SSSR count). The number of para-hydroxylation sites is 1. The molecule has 0 radical (unpaired) electrons. The van der Waals surface area contributed by atoms with E-state index < -0.39 is 0 Å². The average Bonchev–Trinajstić information content (AvgIpc) is 2.23. The van der Waals surface area contributed by atoms with E-state index in [1.54, 1.807) is 12.1 Å². The summed E-state index contributed by atoms with van der Waals surface area (Å²) < 4.78 is 1.85. The Balaban J connectivity index is 2.97. The van der Waals surface area contributed by atoms with Crippen LogP contribution in [0.15, 0.2) is 35.3 Å². The summed E-state index contributed by atoms with van der Waals surface area (Å²) in [4.78, 5) is 11.5. The van der Waals surface area contributed by atoms with E-state index >= 15 is 0 Å². The summed E-state index contributed by atoms with van der Waals surface area (Å²) in [5.41, 5.74) is 0.558. The zero-order valence-electron chi connectivity index (χ0n) is 7.90. The number of rotatable bonds is 1. The van der Waals surface area contributed by atoms with Gasteiger partial charge in [-0.15, -0.1) is 0 Å². The van der Waals surface area contributed by atoms with Crippen LogP contribution in [0.1, 0.15) is 6.92 Å². The van der Waals surface area contributed by atoms with E-state index in [9.17, 15) is 9.90 Å². The quantitative estimate of drug-likeness (QED) is 0.742. The van der Waals surface area contributed by atoms with E-state index in [0.29, 0.717) is 5.39 Å². The van der Waals surface area contributed by atoms with Crippen LogP contribution in [0, 0.1) is 0 Å². The van der Waals surface area contributed by atoms with Gasteiger partial charge >= 0.3 is 0 Å². The standard InChI is InChI=1S/C11H11NO2/c1-2-12-7-10(13)11(14)8-5-3-4-6-9(8)12/h3-7,13H,2H2,1H3. The number of fused-ring (bicyclic) bond motifs is 1. The van der Waals surface area contributed by atoms with Gasteiger partial charge in [-0.25, -0.2) is 0 Å². The minimum Gasteiger partial charge on any atom is -0.503 e. The summed E-state index contributed by atoms with van der Waals surface area (Å²) >= 11 is 0. The molecule has 0 spiro atoms. The van der Waals surface area contributed by atoms with Crippen molar-refractivity contribution in [2.24, 2.45) is 0 Å². The molecule has 72 valence electrons. The monoisotopic (exact) mass is 189 g/mol. The lowest BCUT2D eigenvalue weighted by Crippen LogP contribution is -2.07. The molecule has 0 saturated heterocycles. The Hall–Kier alpha value is -1.77. The van der Waals surface area contributed by atoms with Crippen LogP contribution >= 0.6 is 0 Å². The van der Waals surface area contributed by atoms with Crippen molar-refractivity contribution in [3.05, 3.63) is 40.7 Å². The molecular formula is C11H11NO2.